The molecule has 0 bridgehead atoms. The second-order valence-corrected chi connectivity index (χ2v) is 9.82. The Morgan fingerprint density at radius 3 is 2.08 bits per heavy atom. The molecule has 0 radical (unpaired) electrons. The van der Waals surface area contributed by atoms with Crippen LogP contribution in [0.2, 0.25) is 0 Å². The Morgan fingerprint density at radius 1 is 1.00 bits per heavy atom. The number of halogens is 6. The van der Waals surface area contributed by atoms with E-state index in [0.29, 0.717) is 18.2 Å². The molecule has 0 aromatic carbocycles. The quantitative estimate of drug-likeness (QED) is 0.515. The van der Waals surface area contributed by atoms with Gasteiger partial charge in [0.1, 0.15) is 5.69 Å². The van der Waals surface area contributed by atoms with Gasteiger partial charge >= 0.3 is 24.3 Å². The first-order chi connectivity index (χ1) is 18.5. The Kier molecular flexibility index (Phi) is 11.7. The van der Waals surface area contributed by atoms with Crippen molar-refractivity contribution in [2.45, 2.75) is 37.2 Å². The minimum atomic E-state index is -5.08. The highest BCUT2D eigenvalue weighted by Crippen LogP contribution is 2.38. The maximum atomic E-state index is 12.8. The number of carboxylic acid groups (broad SMARTS) is 2. The van der Waals surface area contributed by atoms with Crippen LogP contribution in [0.15, 0.2) is 24.4 Å². The maximum absolute atomic E-state index is 12.8. The van der Waals surface area contributed by atoms with Gasteiger partial charge in [-0.3, -0.25) is 9.78 Å². The first-order valence-electron chi connectivity index (χ1n) is 12.4. The molecular weight excluding hydrogens is 554 g/mol. The molecule has 226 valence electrons. The number of carbonyl (C=O) groups is 3. The van der Waals surface area contributed by atoms with Crippen LogP contribution in [0.25, 0.3) is 0 Å². The van der Waals surface area contributed by atoms with Crippen LogP contribution in [0.5, 0.6) is 0 Å². The maximum Gasteiger partial charge on any atom is 0.490 e. The summed E-state index contributed by atoms with van der Waals surface area (Å²) in [6, 6.07) is 5.52. The second-order valence-electron chi connectivity index (χ2n) is 9.82. The number of piperidine rings is 1. The molecule has 1 amide bonds. The van der Waals surface area contributed by atoms with Crippen molar-refractivity contribution in [3.8, 4) is 0 Å². The lowest BCUT2D eigenvalue weighted by Crippen LogP contribution is -2.50. The number of hydrogen-bond donors (Lipinski definition) is 2. The van der Waals surface area contributed by atoms with Crippen molar-refractivity contribution in [2.75, 3.05) is 59.5 Å². The van der Waals surface area contributed by atoms with Gasteiger partial charge in [0.15, 0.2) is 0 Å². The van der Waals surface area contributed by atoms with E-state index in [1.807, 2.05) is 17.0 Å². The summed E-state index contributed by atoms with van der Waals surface area (Å²) in [6.07, 6.45) is -5.32. The molecule has 3 aliphatic rings. The van der Waals surface area contributed by atoms with Crippen LogP contribution in [0, 0.1) is 5.92 Å². The van der Waals surface area contributed by atoms with Gasteiger partial charge in [-0.2, -0.15) is 26.3 Å². The molecule has 1 spiro atoms. The van der Waals surface area contributed by atoms with E-state index in [0.717, 1.165) is 65.1 Å². The molecule has 2 unspecified atom stereocenters. The van der Waals surface area contributed by atoms with Crippen molar-refractivity contribution >= 4 is 17.8 Å². The SMILES string of the molecule is CN1CCN(CC2COC3(CCCN(C(=O)c4ccccn4)C3)C2)CC1.O=C(O)C(F)(F)F.O=C(O)C(F)(F)F. The number of hydrogen-bond acceptors (Lipinski definition) is 7. The number of piperazine rings is 1. The Morgan fingerprint density at radius 2 is 1.57 bits per heavy atom. The highest BCUT2D eigenvalue weighted by Gasteiger charge is 2.45. The Labute approximate surface area is 226 Å². The van der Waals surface area contributed by atoms with Crippen LogP contribution in [0.4, 0.5) is 26.3 Å². The fraction of sp³-hybridized carbons (Fsp3) is 0.667. The summed E-state index contributed by atoms with van der Waals surface area (Å²) in [7, 11) is 2.19. The van der Waals surface area contributed by atoms with Gasteiger partial charge in [-0.15, -0.1) is 0 Å². The topological polar surface area (TPSA) is 124 Å². The second kappa shape index (κ2) is 14.1. The van der Waals surface area contributed by atoms with E-state index in [4.69, 9.17) is 24.5 Å². The van der Waals surface area contributed by atoms with Gasteiger partial charge in [0.25, 0.3) is 5.91 Å². The number of likely N-dealkylation sites (tertiary alicyclic amines) is 1. The van der Waals surface area contributed by atoms with Gasteiger partial charge in [-0.1, -0.05) is 6.07 Å². The van der Waals surface area contributed by atoms with Gasteiger partial charge in [0.2, 0.25) is 0 Å². The number of carboxylic acids is 2. The summed E-state index contributed by atoms with van der Waals surface area (Å²) in [5, 5.41) is 14.2. The molecule has 3 saturated heterocycles. The number of rotatable bonds is 3. The number of amides is 1. The van der Waals surface area contributed by atoms with Crippen LogP contribution < -0.4 is 0 Å². The number of ether oxygens (including phenoxy) is 1. The smallest absolute Gasteiger partial charge is 0.475 e. The number of pyridine rings is 1. The first-order valence-corrected chi connectivity index (χ1v) is 12.4. The number of aliphatic carboxylic acids is 2. The van der Waals surface area contributed by atoms with E-state index in [1.54, 1.807) is 12.3 Å². The average Bonchev–Trinajstić information content (AvgIpc) is 3.26. The predicted molar refractivity (Wildman–Crippen MR) is 127 cm³/mol. The highest BCUT2D eigenvalue weighted by atomic mass is 19.4. The molecule has 0 saturated carbocycles. The zero-order valence-electron chi connectivity index (χ0n) is 21.7. The third-order valence-electron chi connectivity index (χ3n) is 6.59. The van der Waals surface area contributed by atoms with Gasteiger partial charge in [-0.25, -0.2) is 9.59 Å². The van der Waals surface area contributed by atoms with Crippen LogP contribution in [0.1, 0.15) is 29.8 Å². The Hall–Kier alpha value is -2.98. The molecule has 2 N–H and O–H groups in total. The molecule has 10 nitrogen and oxygen atoms in total. The molecule has 1 aromatic rings. The largest absolute Gasteiger partial charge is 0.490 e. The van der Waals surface area contributed by atoms with Gasteiger partial charge in [0, 0.05) is 45.5 Å². The van der Waals surface area contributed by atoms with E-state index in [-0.39, 0.29) is 11.5 Å². The first kappa shape index (κ1) is 33.2. The summed E-state index contributed by atoms with van der Waals surface area (Å²) >= 11 is 0. The molecule has 1 aromatic heterocycles. The van der Waals surface area contributed by atoms with E-state index < -0.39 is 24.3 Å². The molecule has 3 fully saturated rings. The van der Waals surface area contributed by atoms with Crippen molar-refractivity contribution in [3.05, 3.63) is 30.1 Å². The number of aromatic nitrogens is 1. The number of alkyl halides is 6. The third-order valence-corrected chi connectivity index (χ3v) is 6.59. The lowest BCUT2D eigenvalue weighted by atomic mass is 9.86. The summed E-state index contributed by atoms with van der Waals surface area (Å²) in [5.41, 5.74) is 0.400. The van der Waals surface area contributed by atoms with E-state index in [9.17, 15) is 31.1 Å². The monoisotopic (exact) mass is 586 g/mol. The lowest BCUT2D eigenvalue weighted by molar-refractivity contribution is -0.193. The predicted octanol–water partition coefficient (Wildman–Crippen LogP) is 2.61. The minimum absolute atomic E-state index is 0.0378. The number of carbonyl (C=O) groups excluding carboxylic acids is 1. The van der Waals surface area contributed by atoms with E-state index in [2.05, 4.69) is 21.8 Å². The summed E-state index contributed by atoms with van der Waals surface area (Å²) < 4.78 is 69.8. The van der Waals surface area contributed by atoms with Crippen LogP contribution >= 0.6 is 0 Å². The normalized spacial score (nSPS) is 24.0. The summed E-state index contributed by atoms with van der Waals surface area (Å²) in [4.78, 5) is 41.7. The van der Waals surface area contributed by atoms with Crippen LogP contribution in [-0.4, -0.2) is 125 Å². The Bertz CT molecular complexity index is 964. The fourth-order valence-electron chi connectivity index (χ4n) is 4.66. The van der Waals surface area contributed by atoms with Crippen LogP contribution in [-0.2, 0) is 14.3 Å². The zero-order valence-corrected chi connectivity index (χ0v) is 21.7. The Balaban J connectivity index is 0.000000333. The highest BCUT2D eigenvalue weighted by molar-refractivity contribution is 5.92. The molecule has 4 heterocycles. The van der Waals surface area contributed by atoms with Crippen LogP contribution in [0.3, 0.4) is 0 Å². The molecule has 4 rings (SSSR count). The van der Waals surface area contributed by atoms with Gasteiger partial charge < -0.3 is 29.6 Å². The molecular formula is C24H32F6N4O6. The third kappa shape index (κ3) is 10.5. The van der Waals surface area contributed by atoms with Gasteiger partial charge in [0.05, 0.1) is 18.8 Å². The molecule has 3 aliphatic heterocycles. The van der Waals surface area contributed by atoms with E-state index >= 15 is 0 Å². The van der Waals surface area contributed by atoms with Crippen molar-refractivity contribution in [3.63, 3.8) is 0 Å². The van der Waals surface area contributed by atoms with Crippen molar-refractivity contribution in [1.29, 1.82) is 0 Å². The standard InChI is InChI=1S/C20H30N4O2.2C2HF3O2/c1-22-9-11-23(12-10-22)14-17-13-20(26-15-17)6-4-8-24(16-20)19(25)18-5-2-3-7-21-18;2*3-2(4,5)1(6)7/h2-3,5,7,17H,4,6,8-16H2,1H3;2*(H,6,7). The van der Waals surface area contributed by atoms with Crippen molar-refractivity contribution < 1.29 is 55.7 Å². The summed E-state index contributed by atoms with van der Waals surface area (Å²) in [5.74, 6) is -4.89. The average molecular weight is 587 g/mol. The van der Waals surface area contributed by atoms with Gasteiger partial charge in [-0.05, 0) is 44.4 Å². The number of likely N-dealkylation sites (N-methyl/N-ethyl adjacent to an activating group) is 1. The minimum Gasteiger partial charge on any atom is -0.475 e. The van der Waals surface area contributed by atoms with E-state index in [1.165, 1.54) is 0 Å². The molecule has 16 heteroatoms. The molecule has 2 atom stereocenters. The fourth-order valence-corrected chi connectivity index (χ4v) is 4.66. The lowest BCUT2D eigenvalue weighted by Gasteiger charge is -2.40. The number of nitrogens with zero attached hydrogens (tertiary/aromatic N) is 4. The zero-order chi connectivity index (χ0) is 30.1. The summed E-state index contributed by atoms with van der Waals surface area (Å²) in [6.45, 7) is 8.11. The van der Waals surface area contributed by atoms with Crippen molar-refractivity contribution in [2.24, 2.45) is 5.92 Å². The molecule has 0 aliphatic carbocycles. The molecule has 40 heavy (non-hydrogen) atoms. The van der Waals surface area contributed by atoms with Crippen molar-refractivity contribution in [1.82, 2.24) is 19.7 Å².